The van der Waals surface area contributed by atoms with E-state index in [1.54, 1.807) is 0 Å². The van der Waals surface area contributed by atoms with E-state index in [1.807, 2.05) is 0 Å². The normalized spacial score (nSPS) is 15.8. The quantitative estimate of drug-likeness (QED) is 0.337. The van der Waals surface area contributed by atoms with Gasteiger partial charge in [0.15, 0.2) is 0 Å². The molecule has 0 aliphatic heterocycles. The van der Waals surface area contributed by atoms with Crippen molar-refractivity contribution in [1.82, 2.24) is 0 Å². The molecule has 0 amide bonds. The number of hydrogen-bond acceptors (Lipinski definition) is 4. The van der Waals surface area contributed by atoms with E-state index in [0.29, 0.717) is 0 Å². The molecule has 42 valence electrons. The average molecular weight is 188 g/mol. The molecule has 0 rings (SSSR count). The summed E-state index contributed by atoms with van der Waals surface area (Å²) in [6.45, 7) is 0. The second kappa shape index (κ2) is 5.27. The van der Waals surface area contributed by atoms with Crippen LogP contribution in [0.5, 0.6) is 0 Å². The number of hydrogen-bond donors (Lipinski definition) is 0. The van der Waals surface area contributed by atoms with Crippen LogP contribution in [-0.4, -0.2) is 0 Å². The van der Waals surface area contributed by atoms with Crippen molar-refractivity contribution in [2.24, 2.45) is 0 Å². The Morgan fingerprint density at radius 1 is 1.75 bits per heavy atom. The summed E-state index contributed by atoms with van der Waals surface area (Å²) in [7, 11) is -5.19. The zero-order valence-electron chi connectivity index (χ0n) is 3.91. The molecule has 8 heteroatoms. The molecule has 1 unspecified atom stereocenters. The van der Waals surface area contributed by atoms with E-state index in [9.17, 15) is 17.3 Å². The van der Waals surface area contributed by atoms with Crippen molar-refractivity contribution >= 4 is 7.91 Å². The first-order valence-electron chi connectivity index (χ1n) is 1.08. The van der Waals surface area contributed by atoms with Crippen LogP contribution in [0.2, 0.25) is 0 Å². The first kappa shape index (κ1) is 12.2. The van der Waals surface area contributed by atoms with Crippen LogP contribution in [0, 0.1) is 0 Å². The Morgan fingerprint density at radius 2 is 2.12 bits per heavy atom. The molecule has 1 atom stereocenters. The van der Waals surface area contributed by atoms with Crippen molar-refractivity contribution in [3.05, 3.63) is 0 Å². The summed E-state index contributed by atoms with van der Waals surface area (Å²) in [5.41, 5.74) is 0. The molecule has 0 aliphatic carbocycles. The Kier molecular flexibility index (Phi) is 8.01. The minimum absolute atomic E-state index is 0. The van der Waals surface area contributed by atoms with Gasteiger partial charge in [-0.3, -0.25) is 0 Å². The van der Waals surface area contributed by atoms with E-state index in [4.69, 9.17) is 0 Å². The third kappa shape index (κ3) is 10.4. The van der Waals surface area contributed by atoms with Crippen LogP contribution >= 0.6 is 7.91 Å². The molecule has 4 nitrogen and oxygen atoms in total. The van der Waals surface area contributed by atoms with E-state index in [1.165, 1.54) is 0 Å². The van der Waals surface area contributed by atoms with Gasteiger partial charge < -0.3 is 0 Å². The summed E-state index contributed by atoms with van der Waals surface area (Å²) >= 11 is -2.07. The van der Waals surface area contributed by atoms with E-state index in [0.717, 1.165) is 0 Å². The fourth-order valence-electron chi connectivity index (χ4n) is 0.0398. The van der Waals surface area contributed by atoms with Crippen molar-refractivity contribution in [2.45, 2.75) is 0 Å². The SMILES string of the molecule is [Na+].[O]=[V][O]P(=O)([O-])F. The Morgan fingerprint density at radius 3 is 2.12 bits per heavy atom. The summed E-state index contributed by atoms with van der Waals surface area (Å²) in [4.78, 5) is 9.19. The van der Waals surface area contributed by atoms with Crippen LogP contribution in [0.1, 0.15) is 0 Å². The van der Waals surface area contributed by atoms with Gasteiger partial charge in [-0.2, -0.15) is 0 Å². The van der Waals surface area contributed by atoms with Gasteiger partial charge in [-0.1, -0.05) is 0 Å². The topological polar surface area (TPSA) is 66.4 Å². The summed E-state index contributed by atoms with van der Waals surface area (Å²) in [5, 5.41) is 0. The van der Waals surface area contributed by atoms with Gasteiger partial charge >= 0.3 is 74.8 Å². The maximum absolute atomic E-state index is 11.0. The van der Waals surface area contributed by atoms with Gasteiger partial charge in [-0.25, -0.2) is 0 Å². The van der Waals surface area contributed by atoms with Crippen LogP contribution in [0.4, 0.5) is 4.20 Å². The Hall–Kier alpha value is 1.46. The molecule has 0 aromatic carbocycles. The van der Waals surface area contributed by atoms with Crippen LogP contribution < -0.4 is 34.5 Å². The average Bonchev–Trinajstić information content (AvgIpc) is 1.30. The molecule has 0 aromatic rings. The third-order valence-corrected chi connectivity index (χ3v) is 1.62. The van der Waals surface area contributed by atoms with Crippen LogP contribution in [0.25, 0.3) is 0 Å². The van der Waals surface area contributed by atoms with E-state index in [-0.39, 0.29) is 29.6 Å². The molecule has 0 aromatic heterocycles. The second-order valence-electron chi connectivity index (χ2n) is 0.587. The van der Waals surface area contributed by atoms with Gasteiger partial charge in [0.2, 0.25) is 0 Å². The fraction of sp³-hybridized carbons (Fsp3) is 0. The molecule has 0 bridgehead atoms. The monoisotopic (exact) mass is 188 g/mol. The third-order valence-electron chi connectivity index (χ3n) is 0.131. The van der Waals surface area contributed by atoms with E-state index in [2.05, 4.69) is 3.45 Å². The Bertz CT molecular complexity index is 109. The van der Waals surface area contributed by atoms with E-state index < -0.39 is 24.5 Å². The fourth-order valence-corrected chi connectivity index (χ4v) is 0.492. The summed E-state index contributed by atoms with van der Waals surface area (Å²) < 4.78 is 32.5. The molecule has 0 radical (unpaired) electrons. The molecule has 0 spiro atoms. The van der Waals surface area contributed by atoms with Gasteiger partial charge in [0, 0.05) is 0 Å². The van der Waals surface area contributed by atoms with Gasteiger partial charge in [-0.05, 0) is 0 Å². The molecule has 0 N–H and O–H groups in total. The van der Waals surface area contributed by atoms with Crippen LogP contribution in [0.3, 0.4) is 0 Å². The van der Waals surface area contributed by atoms with Gasteiger partial charge in [0.25, 0.3) is 0 Å². The van der Waals surface area contributed by atoms with E-state index >= 15 is 0 Å². The summed E-state index contributed by atoms with van der Waals surface area (Å²) in [6, 6.07) is 0. The summed E-state index contributed by atoms with van der Waals surface area (Å²) in [5.74, 6) is 0. The maximum atomic E-state index is 11.0. The van der Waals surface area contributed by atoms with Crippen molar-refractivity contribution in [3.63, 3.8) is 0 Å². The van der Waals surface area contributed by atoms with Gasteiger partial charge in [0.05, 0.1) is 0 Å². The Labute approximate surface area is 74.4 Å². The standard InChI is InChI=1S/FH2O3P.Na.O.V/c1-5(2,3)4;;;/h(H2,2,3,4);;;/q;+1;;+1/p-2. The number of halogens is 1. The molecule has 0 saturated carbocycles. The molecule has 0 saturated heterocycles. The Balaban J connectivity index is 0. The molecule has 8 heavy (non-hydrogen) atoms. The van der Waals surface area contributed by atoms with Crippen molar-refractivity contribution in [1.29, 1.82) is 0 Å². The number of rotatable bonds is 2. The van der Waals surface area contributed by atoms with Crippen molar-refractivity contribution in [3.8, 4) is 0 Å². The van der Waals surface area contributed by atoms with Gasteiger partial charge in [0.1, 0.15) is 0 Å². The molecular formula is FNaO4PV. The second-order valence-corrected chi connectivity index (χ2v) is 2.61. The predicted octanol–water partition coefficient (Wildman–Crippen LogP) is -3.21. The first-order chi connectivity index (χ1) is 3.06. The van der Waals surface area contributed by atoms with Crippen LogP contribution in [0.15, 0.2) is 0 Å². The molecule has 0 aliphatic rings. The van der Waals surface area contributed by atoms with Crippen LogP contribution in [-0.2, 0) is 28.3 Å². The predicted molar refractivity (Wildman–Crippen MR) is 10.5 cm³/mol. The molecule has 0 heterocycles. The zero-order chi connectivity index (χ0) is 5.91. The molecular weight excluding hydrogens is 188 g/mol. The minimum atomic E-state index is -5.19. The molecule has 0 fully saturated rings. The van der Waals surface area contributed by atoms with Crippen molar-refractivity contribution < 1.29 is 66.9 Å². The van der Waals surface area contributed by atoms with Gasteiger partial charge in [-0.15, -0.1) is 0 Å². The summed E-state index contributed by atoms with van der Waals surface area (Å²) in [6.07, 6.45) is 0. The zero-order valence-corrected chi connectivity index (χ0v) is 8.20. The first-order valence-corrected chi connectivity index (χ1v) is 3.66. The van der Waals surface area contributed by atoms with Crippen molar-refractivity contribution in [2.75, 3.05) is 0 Å².